The van der Waals surface area contributed by atoms with E-state index in [1.807, 2.05) is 6.92 Å². The van der Waals surface area contributed by atoms with Crippen molar-refractivity contribution in [3.05, 3.63) is 11.6 Å². The zero-order valence-electron chi connectivity index (χ0n) is 11.5. The number of ether oxygens (including phenoxy) is 1. The summed E-state index contributed by atoms with van der Waals surface area (Å²) in [4.78, 5) is 22.5. The Morgan fingerprint density at radius 2 is 1.72 bits per heavy atom. The van der Waals surface area contributed by atoms with Gasteiger partial charge in [-0.2, -0.15) is 0 Å². The summed E-state index contributed by atoms with van der Waals surface area (Å²) in [7, 11) is 0. The highest BCUT2D eigenvalue weighted by Crippen LogP contribution is 2.07. The molecule has 4 nitrogen and oxygen atoms in total. The average molecular weight is 255 g/mol. The Hall–Kier alpha value is -1.32. The Bertz CT molecular complexity index is 285. The molecule has 0 aliphatic rings. The predicted octanol–water partition coefficient (Wildman–Crippen LogP) is 2.71. The summed E-state index contributed by atoms with van der Waals surface area (Å²) in [5.74, 6) is -0.997. The van der Waals surface area contributed by atoms with Crippen LogP contribution in [0.5, 0.6) is 0 Å². The number of amides is 1. The van der Waals surface area contributed by atoms with E-state index in [2.05, 4.69) is 6.92 Å². The fourth-order valence-electron chi connectivity index (χ4n) is 1.52. The number of carbonyl (C=O) groups excluding carboxylic acids is 2. The second kappa shape index (κ2) is 10.8. The maximum Gasteiger partial charge on any atom is 0.331 e. The molecule has 0 aromatic carbocycles. The van der Waals surface area contributed by atoms with E-state index in [9.17, 15) is 9.59 Å². The van der Waals surface area contributed by atoms with Crippen LogP contribution in [0, 0.1) is 0 Å². The van der Waals surface area contributed by atoms with Crippen LogP contribution in [0.4, 0.5) is 0 Å². The molecule has 0 aliphatic heterocycles. The van der Waals surface area contributed by atoms with Gasteiger partial charge in [0.15, 0.2) is 0 Å². The normalized spacial score (nSPS) is 11.3. The third-order valence-corrected chi connectivity index (χ3v) is 2.65. The molecule has 0 aliphatic carbocycles. The van der Waals surface area contributed by atoms with Crippen molar-refractivity contribution in [3.8, 4) is 0 Å². The van der Waals surface area contributed by atoms with Crippen molar-refractivity contribution in [1.29, 1.82) is 0 Å². The maximum absolute atomic E-state index is 11.4. The molecule has 0 aromatic rings. The van der Waals surface area contributed by atoms with Gasteiger partial charge in [-0.25, -0.2) is 4.79 Å². The Kier molecular flexibility index (Phi) is 10.0. The molecule has 0 spiro atoms. The molecule has 18 heavy (non-hydrogen) atoms. The number of carbonyl (C=O) groups is 2. The van der Waals surface area contributed by atoms with Gasteiger partial charge in [-0.15, -0.1) is 0 Å². The molecule has 0 aromatic heterocycles. The van der Waals surface area contributed by atoms with E-state index in [0.29, 0.717) is 18.6 Å². The molecule has 0 bridgehead atoms. The number of rotatable bonds is 10. The summed E-state index contributed by atoms with van der Waals surface area (Å²) in [6, 6.07) is 0. The minimum atomic E-state index is -0.536. The van der Waals surface area contributed by atoms with E-state index < -0.39 is 11.9 Å². The number of nitrogens with two attached hydrogens (primary N) is 1. The lowest BCUT2D eigenvalue weighted by Gasteiger charge is -2.04. The third kappa shape index (κ3) is 8.79. The third-order valence-electron chi connectivity index (χ3n) is 2.65. The predicted molar refractivity (Wildman–Crippen MR) is 71.9 cm³/mol. The summed E-state index contributed by atoms with van der Waals surface area (Å²) >= 11 is 0. The highest BCUT2D eigenvalue weighted by Gasteiger charge is 2.08. The molecular formula is C14H25NO3. The number of unbranched alkanes of at least 4 members (excludes halogenated alkanes) is 4. The summed E-state index contributed by atoms with van der Waals surface area (Å²) in [5, 5.41) is 0. The minimum absolute atomic E-state index is 0.357. The smallest absolute Gasteiger partial charge is 0.331 e. The Balaban J connectivity index is 4.01. The second-order valence-electron chi connectivity index (χ2n) is 4.37. The largest absolute Gasteiger partial charge is 0.463 e. The van der Waals surface area contributed by atoms with Crippen molar-refractivity contribution in [3.63, 3.8) is 0 Å². The lowest BCUT2D eigenvalue weighted by Crippen LogP contribution is -2.16. The van der Waals surface area contributed by atoms with Gasteiger partial charge in [-0.3, -0.25) is 4.79 Å². The Morgan fingerprint density at radius 1 is 1.06 bits per heavy atom. The molecule has 0 atom stereocenters. The van der Waals surface area contributed by atoms with Crippen molar-refractivity contribution in [2.45, 2.75) is 58.8 Å². The van der Waals surface area contributed by atoms with E-state index >= 15 is 0 Å². The molecule has 0 rings (SSSR count). The van der Waals surface area contributed by atoms with Crippen LogP contribution in [0.15, 0.2) is 11.6 Å². The molecule has 2 N–H and O–H groups in total. The van der Waals surface area contributed by atoms with Crippen LogP contribution in [-0.4, -0.2) is 18.5 Å². The van der Waals surface area contributed by atoms with Crippen LogP contribution < -0.4 is 5.73 Å². The first-order valence-corrected chi connectivity index (χ1v) is 6.78. The van der Waals surface area contributed by atoms with Gasteiger partial charge < -0.3 is 10.5 Å². The quantitative estimate of drug-likeness (QED) is 0.371. The van der Waals surface area contributed by atoms with E-state index in [4.69, 9.17) is 10.5 Å². The van der Waals surface area contributed by atoms with Gasteiger partial charge in [0, 0.05) is 11.6 Å². The van der Waals surface area contributed by atoms with Crippen molar-refractivity contribution in [1.82, 2.24) is 0 Å². The second-order valence-corrected chi connectivity index (χ2v) is 4.37. The number of hydrogen-bond acceptors (Lipinski definition) is 3. The van der Waals surface area contributed by atoms with Crippen LogP contribution in [0.3, 0.4) is 0 Å². The summed E-state index contributed by atoms with van der Waals surface area (Å²) in [6.45, 7) is 4.56. The van der Waals surface area contributed by atoms with E-state index in [1.165, 1.54) is 6.08 Å². The van der Waals surface area contributed by atoms with Gasteiger partial charge >= 0.3 is 5.97 Å². The van der Waals surface area contributed by atoms with Crippen LogP contribution in [0.2, 0.25) is 0 Å². The molecule has 0 saturated carbocycles. The molecule has 0 fully saturated rings. The first-order chi connectivity index (χ1) is 8.61. The summed E-state index contributed by atoms with van der Waals surface area (Å²) in [6.07, 6.45) is 7.80. The SMILES string of the molecule is CCCCCCOC(=O)/C=C(/CCCC)C(N)=O. The van der Waals surface area contributed by atoms with Gasteiger partial charge in [0.1, 0.15) is 0 Å². The van der Waals surface area contributed by atoms with Crippen molar-refractivity contribution in [2.24, 2.45) is 5.73 Å². The zero-order chi connectivity index (χ0) is 13.8. The molecule has 0 saturated heterocycles. The number of esters is 1. The van der Waals surface area contributed by atoms with Crippen LogP contribution in [0.25, 0.3) is 0 Å². The van der Waals surface area contributed by atoms with E-state index in [0.717, 1.165) is 38.5 Å². The van der Waals surface area contributed by atoms with Crippen molar-refractivity contribution >= 4 is 11.9 Å². The number of primary amides is 1. The Morgan fingerprint density at radius 3 is 2.28 bits per heavy atom. The lowest BCUT2D eigenvalue weighted by atomic mass is 10.1. The van der Waals surface area contributed by atoms with Gasteiger partial charge in [-0.1, -0.05) is 39.5 Å². The average Bonchev–Trinajstić information content (AvgIpc) is 2.33. The fraction of sp³-hybridized carbons (Fsp3) is 0.714. The van der Waals surface area contributed by atoms with Gasteiger partial charge in [0.05, 0.1) is 6.61 Å². The molecule has 0 radical (unpaired) electrons. The summed E-state index contributed by atoms with van der Waals surface area (Å²) < 4.78 is 5.03. The minimum Gasteiger partial charge on any atom is -0.463 e. The molecular weight excluding hydrogens is 230 g/mol. The van der Waals surface area contributed by atoms with Crippen LogP contribution >= 0.6 is 0 Å². The maximum atomic E-state index is 11.4. The lowest BCUT2D eigenvalue weighted by molar-refractivity contribution is -0.138. The standard InChI is InChI=1S/C14H25NO3/c1-3-5-7-8-10-18-13(16)11-12(14(15)17)9-6-4-2/h11H,3-10H2,1-2H3,(H2,15,17)/b12-11-. The van der Waals surface area contributed by atoms with Crippen LogP contribution in [-0.2, 0) is 14.3 Å². The Labute approximate surface area is 110 Å². The molecule has 0 unspecified atom stereocenters. The molecule has 4 heteroatoms. The van der Waals surface area contributed by atoms with Crippen molar-refractivity contribution in [2.75, 3.05) is 6.61 Å². The first-order valence-electron chi connectivity index (χ1n) is 6.78. The topological polar surface area (TPSA) is 69.4 Å². The first kappa shape index (κ1) is 16.7. The molecule has 0 heterocycles. The summed E-state index contributed by atoms with van der Waals surface area (Å²) in [5.41, 5.74) is 5.56. The number of hydrogen-bond donors (Lipinski definition) is 1. The van der Waals surface area contributed by atoms with Gasteiger partial charge in [0.25, 0.3) is 0 Å². The fourth-order valence-corrected chi connectivity index (χ4v) is 1.52. The monoisotopic (exact) mass is 255 g/mol. The van der Waals surface area contributed by atoms with Crippen molar-refractivity contribution < 1.29 is 14.3 Å². The highest BCUT2D eigenvalue weighted by atomic mass is 16.5. The van der Waals surface area contributed by atoms with Crippen LogP contribution in [0.1, 0.15) is 58.8 Å². The van der Waals surface area contributed by atoms with Gasteiger partial charge in [-0.05, 0) is 19.3 Å². The highest BCUT2D eigenvalue weighted by molar-refractivity contribution is 5.98. The molecule has 104 valence electrons. The van der Waals surface area contributed by atoms with E-state index in [1.54, 1.807) is 0 Å². The zero-order valence-corrected chi connectivity index (χ0v) is 11.5. The molecule has 1 amide bonds. The van der Waals surface area contributed by atoms with E-state index in [-0.39, 0.29) is 0 Å². The van der Waals surface area contributed by atoms with Gasteiger partial charge in [0.2, 0.25) is 5.91 Å².